The van der Waals surface area contributed by atoms with Gasteiger partial charge in [0, 0.05) is 37.2 Å². The molecular formula is C25H27N5OS. The number of para-hydroxylation sites is 2. The summed E-state index contributed by atoms with van der Waals surface area (Å²) in [5.41, 5.74) is 5.16. The molecule has 0 spiro atoms. The second-order valence-electron chi connectivity index (χ2n) is 7.76. The minimum atomic E-state index is -0.0338. The summed E-state index contributed by atoms with van der Waals surface area (Å²) in [4.78, 5) is 21.2. The maximum Gasteiger partial charge on any atom is 0.230 e. The standard InChI is InChI=1S/C25H27N5OS/c1-4-21-10-8-9-13-24(21)30(19(2)31)25-27-22(18-32-25)17-28(3)15-20-14-26-29(16-20)23-11-6-5-7-12-23/h5-14,16,18H,4,15,17H2,1-3H3. The number of amides is 1. The van der Waals surface area contributed by atoms with Gasteiger partial charge in [-0.15, -0.1) is 11.3 Å². The van der Waals surface area contributed by atoms with Crippen molar-refractivity contribution in [3.8, 4) is 5.69 Å². The van der Waals surface area contributed by atoms with Gasteiger partial charge in [0.1, 0.15) is 0 Å². The first-order valence-corrected chi connectivity index (χ1v) is 11.5. The topological polar surface area (TPSA) is 54.3 Å². The maximum absolute atomic E-state index is 12.5. The Morgan fingerprint density at radius 3 is 2.56 bits per heavy atom. The van der Waals surface area contributed by atoms with Crippen molar-refractivity contribution >= 4 is 28.1 Å². The van der Waals surface area contributed by atoms with Crippen LogP contribution >= 0.6 is 11.3 Å². The highest BCUT2D eigenvalue weighted by molar-refractivity contribution is 7.14. The molecule has 32 heavy (non-hydrogen) atoms. The number of carbonyl (C=O) groups excluding carboxylic acids is 1. The molecule has 0 radical (unpaired) electrons. The van der Waals surface area contributed by atoms with E-state index in [1.807, 2.05) is 64.8 Å². The predicted octanol–water partition coefficient (Wildman–Crippen LogP) is 5.21. The van der Waals surface area contributed by atoms with Gasteiger partial charge in [0.05, 0.1) is 23.3 Å². The molecule has 0 saturated carbocycles. The Labute approximate surface area is 192 Å². The van der Waals surface area contributed by atoms with Crippen molar-refractivity contribution in [2.45, 2.75) is 33.4 Å². The van der Waals surface area contributed by atoms with Crippen LogP contribution in [0.2, 0.25) is 0 Å². The molecule has 0 aliphatic heterocycles. The van der Waals surface area contributed by atoms with Gasteiger partial charge in [-0.2, -0.15) is 5.10 Å². The maximum atomic E-state index is 12.5. The fourth-order valence-electron chi connectivity index (χ4n) is 3.71. The first kappa shape index (κ1) is 21.9. The third-order valence-electron chi connectivity index (χ3n) is 5.20. The van der Waals surface area contributed by atoms with Crippen molar-refractivity contribution in [3.05, 3.63) is 89.2 Å². The number of thiazole rings is 1. The first-order chi connectivity index (χ1) is 15.5. The van der Waals surface area contributed by atoms with Crippen LogP contribution in [-0.2, 0) is 24.3 Å². The van der Waals surface area contributed by atoms with Gasteiger partial charge < -0.3 is 0 Å². The zero-order valence-electron chi connectivity index (χ0n) is 18.6. The summed E-state index contributed by atoms with van der Waals surface area (Å²) in [5.74, 6) is -0.0338. The molecule has 6 nitrogen and oxygen atoms in total. The van der Waals surface area contributed by atoms with Gasteiger partial charge in [0.15, 0.2) is 5.13 Å². The van der Waals surface area contributed by atoms with Crippen LogP contribution in [0.4, 0.5) is 10.8 Å². The van der Waals surface area contributed by atoms with Gasteiger partial charge in [-0.1, -0.05) is 43.3 Å². The molecule has 4 rings (SSSR count). The van der Waals surface area contributed by atoms with Crippen LogP contribution in [0.5, 0.6) is 0 Å². The molecule has 0 fully saturated rings. The van der Waals surface area contributed by atoms with Crippen LogP contribution in [0, 0.1) is 0 Å². The molecule has 7 heteroatoms. The molecule has 0 unspecified atom stereocenters. The van der Waals surface area contributed by atoms with Crippen LogP contribution in [-0.4, -0.2) is 32.6 Å². The summed E-state index contributed by atoms with van der Waals surface area (Å²) >= 11 is 1.50. The number of anilines is 2. The Kier molecular flexibility index (Phi) is 6.78. The molecule has 2 aromatic carbocycles. The van der Waals surface area contributed by atoms with Gasteiger partial charge in [0.2, 0.25) is 5.91 Å². The third-order valence-corrected chi connectivity index (χ3v) is 6.08. The molecule has 164 valence electrons. The summed E-state index contributed by atoms with van der Waals surface area (Å²) < 4.78 is 1.89. The molecule has 0 aliphatic rings. The van der Waals surface area contributed by atoms with E-state index in [2.05, 4.69) is 36.2 Å². The molecule has 1 amide bonds. The van der Waals surface area contributed by atoms with Crippen LogP contribution in [0.15, 0.2) is 72.4 Å². The van der Waals surface area contributed by atoms with Crippen LogP contribution in [0.3, 0.4) is 0 Å². The summed E-state index contributed by atoms with van der Waals surface area (Å²) in [6, 6.07) is 18.1. The van der Waals surface area contributed by atoms with Gasteiger partial charge >= 0.3 is 0 Å². The number of nitrogens with zero attached hydrogens (tertiary/aromatic N) is 5. The van der Waals surface area contributed by atoms with E-state index < -0.39 is 0 Å². The van der Waals surface area contributed by atoms with E-state index in [0.29, 0.717) is 11.7 Å². The fourth-order valence-corrected chi connectivity index (χ4v) is 4.59. The Hall–Kier alpha value is -3.29. The minimum absolute atomic E-state index is 0.0338. The number of aryl methyl sites for hydroxylation is 1. The van der Waals surface area contributed by atoms with E-state index in [9.17, 15) is 4.79 Å². The lowest BCUT2D eigenvalue weighted by molar-refractivity contribution is -0.115. The number of benzene rings is 2. The monoisotopic (exact) mass is 445 g/mol. The van der Waals surface area contributed by atoms with Crippen molar-refractivity contribution in [1.82, 2.24) is 19.7 Å². The van der Waals surface area contributed by atoms with Gasteiger partial charge in [-0.05, 0) is 37.2 Å². The van der Waals surface area contributed by atoms with E-state index in [-0.39, 0.29) is 5.91 Å². The lowest BCUT2D eigenvalue weighted by Crippen LogP contribution is -2.24. The fraction of sp³-hybridized carbons (Fsp3) is 0.240. The van der Waals surface area contributed by atoms with Crippen molar-refractivity contribution in [3.63, 3.8) is 0 Å². The number of rotatable bonds is 8. The zero-order valence-corrected chi connectivity index (χ0v) is 19.4. The molecule has 2 heterocycles. The Bertz CT molecular complexity index is 1180. The second kappa shape index (κ2) is 9.89. The van der Waals surface area contributed by atoms with Crippen LogP contribution in [0.25, 0.3) is 5.69 Å². The largest absolute Gasteiger partial charge is 0.296 e. The minimum Gasteiger partial charge on any atom is -0.296 e. The predicted molar refractivity (Wildman–Crippen MR) is 129 cm³/mol. The number of hydrogen-bond donors (Lipinski definition) is 0. The quantitative estimate of drug-likeness (QED) is 0.374. The molecule has 4 aromatic rings. The summed E-state index contributed by atoms with van der Waals surface area (Å²) in [7, 11) is 2.06. The smallest absolute Gasteiger partial charge is 0.230 e. The summed E-state index contributed by atoms with van der Waals surface area (Å²) in [6.07, 6.45) is 4.81. The molecule has 0 saturated heterocycles. The average molecular weight is 446 g/mol. The molecule has 0 bridgehead atoms. The van der Waals surface area contributed by atoms with E-state index in [1.165, 1.54) is 11.3 Å². The van der Waals surface area contributed by atoms with E-state index >= 15 is 0 Å². The summed E-state index contributed by atoms with van der Waals surface area (Å²) in [6.45, 7) is 5.13. The van der Waals surface area contributed by atoms with E-state index in [0.717, 1.165) is 41.2 Å². The van der Waals surface area contributed by atoms with Gasteiger partial charge in [0.25, 0.3) is 0 Å². The number of hydrogen-bond acceptors (Lipinski definition) is 5. The Morgan fingerprint density at radius 1 is 1.06 bits per heavy atom. The lowest BCUT2D eigenvalue weighted by Gasteiger charge is -2.21. The number of aromatic nitrogens is 3. The SMILES string of the molecule is CCc1ccccc1N(C(C)=O)c1nc(CN(C)Cc2cnn(-c3ccccc3)c2)cs1. The average Bonchev–Trinajstić information content (AvgIpc) is 3.44. The molecular weight excluding hydrogens is 418 g/mol. The highest BCUT2D eigenvalue weighted by Gasteiger charge is 2.20. The van der Waals surface area contributed by atoms with Crippen LogP contribution in [0.1, 0.15) is 30.7 Å². The normalized spacial score (nSPS) is 11.1. The number of carbonyl (C=O) groups is 1. The van der Waals surface area contributed by atoms with Crippen molar-refractivity contribution in [2.24, 2.45) is 0 Å². The Balaban J connectivity index is 1.45. The highest BCUT2D eigenvalue weighted by Crippen LogP contribution is 2.32. The van der Waals surface area contributed by atoms with Crippen LogP contribution < -0.4 is 4.90 Å². The highest BCUT2D eigenvalue weighted by atomic mass is 32.1. The van der Waals surface area contributed by atoms with Gasteiger partial charge in [-0.25, -0.2) is 9.67 Å². The molecule has 0 atom stereocenters. The molecule has 0 aliphatic carbocycles. The van der Waals surface area contributed by atoms with Crippen molar-refractivity contribution in [1.29, 1.82) is 0 Å². The lowest BCUT2D eigenvalue weighted by atomic mass is 10.1. The summed E-state index contributed by atoms with van der Waals surface area (Å²) in [5, 5.41) is 7.21. The molecule has 0 N–H and O–H groups in total. The Morgan fingerprint density at radius 2 is 1.81 bits per heavy atom. The van der Waals surface area contributed by atoms with E-state index in [1.54, 1.807) is 11.8 Å². The van der Waals surface area contributed by atoms with E-state index in [4.69, 9.17) is 4.98 Å². The van der Waals surface area contributed by atoms with Crippen molar-refractivity contribution in [2.75, 3.05) is 11.9 Å². The second-order valence-corrected chi connectivity index (χ2v) is 8.60. The first-order valence-electron chi connectivity index (χ1n) is 10.7. The third kappa shape index (κ3) is 4.95. The molecule has 2 aromatic heterocycles. The van der Waals surface area contributed by atoms with Crippen molar-refractivity contribution < 1.29 is 4.79 Å². The zero-order chi connectivity index (χ0) is 22.5. The van der Waals surface area contributed by atoms with Gasteiger partial charge in [-0.3, -0.25) is 14.6 Å².